The van der Waals surface area contributed by atoms with Gasteiger partial charge in [0.25, 0.3) is 0 Å². The van der Waals surface area contributed by atoms with Crippen molar-refractivity contribution in [1.82, 2.24) is 0 Å². The van der Waals surface area contributed by atoms with Crippen molar-refractivity contribution in [1.29, 1.82) is 0 Å². The number of benzene rings is 1. The molecule has 90 valence electrons. The first-order valence-corrected chi connectivity index (χ1v) is 7.02. The Labute approximate surface area is 107 Å². The summed E-state index contributed by atoms with van der Waals surface area (Å²) in [6.07, 6.45) is 2.26. The number of halogens is 1. The van der Waals surface area contributed by atoms with E-state index in [1.807, 2.05) is 36.0 Å². The highest BCUT2D eigenvalue weighted by molar-refractivity contribution is 7.99. The number of nitrogens with two attached hydrogens (primary N) is 1. The first kappa shape index (κ1) is 13.7. The zero-order valence-corrected chi connectivity index (χ0v) is 10.9. The van der Waals surface area contributed by atoms with E-state index in [4.69, 9.17) is 22.1 Å². The zero-order valence-electron chi connectivity index (χ0n) is 9.32. The summed E-state index contributed by atoms with van der Waals surface area (Å²) >= 11 is 7.68. The molecule has 2 nitrogen and oxygen atoms in total. The summed E-state index contributed by atoms with van der Waals surface area (Å²) in [5, 5.41) is 0.741. The van der Waals surface area contributed by atoms with Crippen molar-refractivity contribution in [3.8, 4) is 5.75 Å². The van der Waals surface area contributed by atoms with E-state index in [-0.39, 0.29) is 0 Å². The topological polar surface area (TPSA) is 35.2 Å². The summed E-state index contributed by atoms with van der Waals surface area (Å²) in [6, 6.07) is 7.47. The van der Waals surface area contributed by atoms with Crippen molar-refractivity contribution in [2.24, 2.45) is 5.73 Å². The highest BCUT2D eigenvalue weighted by Gasteiger charge is 1.94. The lowest BCUT2D eigenvalue weighted by atomic mass is 10.3. The van der Waals surface area contributed by atoms with Crippen LogP contribution in [0.5, 0.6) is 5.75 Å². The van der Waals surface area contributed by atoms with E-state index in [2.05, 4.69) is 0 Å². The lowest BCUT2D eigenvalue weighted by Gasteiger charge is -2.05. The monoisotopic (exact) mass is 259 g/mol. The molecule has 0 aromatic heterocycles. The number of hydrogen-bond acceptors (Lipinski definition) is 3. The Morgan fingerprint density at radius 2 is 1.88 bits per heavy atom. The normalized spacial score (nSPS) is 10.4. The summed E-state index contributed by atoms with van der Waals surface area (Å²) in [5.41, 5.74) is 5.40. The van der Waals surface area contributed by atoms with Crippen LogP contribution in [0.1, 0.15) is 12.8 Å². The molecule has 0 aliphatic heterocycles. The van der Waals surface area contributed by atoms with E-state index in [1.54, 1.807) is 0 Å². The van der Waals surface area contributed by atoms with Crippen molar-refractivity contribution in [2.45, 2.75) is 12.8 Å². The van der Waals surface area contributed by atoms with Crippen LogP contribution in [-0.2, 0) is 0 Å². The van der Waals surface area contributed by atoms with E-state index < -0.39 is 0 Å². The largest absolute Gasteiger partial charge is 0.494 e. The summed E-state index contributed by atoms with van der Waals surface area (Å²) in [6.45, 7) is 1.54. The van der Waals surface area contributed by atoms with Crippen LogP contribution < -0.4 is 10.5 Å². The van der Waals surface area contributed by atoms with E-state index in [1.165, 1.54) is 12.2 Å². The Balaban J connectivity index is 2.01. The molecule has 0 bridgehead atoms. The van der Waals surface area contributed by atoms with E-state index >= 15 is 0 Å². The second-order valence-corrected chi connectivity index (χ2v) is 5.07. The molecule has 16 heavy (non-hydrogen) atoms. The first-order chi connectivity index (χ1) is 7.83. The fourth-order valence-corrected chi connectivity index (χ4v) is 2.12. The molecular weight excluding hydrogens is 242 g/mol. The highest BCUT2D eigenvalue weighted by atomic mass is 35.5. The van der Waals surface area contributed by atoms with Gasteiger partial charge in [-0.25, -0.2) is 0 Å². The van der Waals surface area contributed by atoms with Crippen LogP contribution in [0.15, 0.2) is 24.3 Å². The molecule has 0 atom stereocenters. The van der Waals surface area contributed by atoms with E-state index in [0.717, 1.165) is 36.1 Å². The fourth-order valence-electron chi connectivity index (χ4n) is 1.21. The molecule has 0 unspecified atom stereocenters. The van der Waals surface area contributed by atoms with Gasteiger partial charge in [0.1, 0.15) is 5.75 Å². The second kappa shape index (κ2) is 8.74. The van der Waals surface area contributed by atoms with Crippen LogP contribution in [0.4, 0.5) is 0 Å². The number of rotatable bonds is 8. The van der Waals surface area contributed by atoms with Gasteiger partial charge in [0.2, 0.25) is 0 Å². The van der Waals surface area contributed by atoms with Crippen molar-refractivity contribution in [3.63, 3.8) is 0 Å². The molecule has 0 fully saturated rings. The molecule has 0 spiro atoms. The van der Waals surface area contributed by atoms with Gasteiger partial charge in [0.15, 0.2) is 0 Å². The van der Waals surface area contributed by atoms with Crippen molar-refractivity contribution in [3.05, 3.63) is 29.3 Å². The standard InChI is InChI=1S/C12H18ClNOS/c13-11-3-5-12(6-4-11)15-8-1-2-9-16-10-7-14/h3-6H,1-2,7-10,14H2. The van der Waals surface area contributed by atoms with Crippen LogP contribution >= 0.6 is 23.4 Å². The molecule has 1 aromatic carbocycles. The van der Waals surface area contributed by atoms with Gasteiger partial charge in [-0.1, -0.05) is 11.6 Å². The van der Waals surface area contributed by atoms with Gasteiger partial charge >= 0.3 is 0 Å². The maximum absolute atomic E-state index is 5.78. The fraction of sp³-hybridized carbons (Fsp3) is 0.500. The number of ether oxygens (including phenoxy) is 1. The van der Waals surface area contributed by atoms with E-state index in [9.17, 15) is 0 Å². The Hall–Kier alpha value is -0.380. The Kier molecular flexibility index (Phi) is 7.47. The number of thioether (sulfide) groups is 1. The van der Waals surface area contributed by atoms with E-state index in [0.29, 0.717) is 0 Å². The molecule has 0 saturated heterocycles. The minimum absolute atomic E-state index is 0.741. The quantitative estimate of drug-likeness (QED) is 0.729. The first-order valence-electron chi connectivity index (χ1n) is 5.49. The average molecular weight is 260 g/mol. The molecule has 1 rings (SSSR count). The second-order valence-electron chi connectivity index (χ2n) is 3.41. The lowest BCUT2D eigenvalue weighted by molar-refractivity contribution is 0.310. The Morgan fingerprint density at radius 3 is 2.56 bits per heavy atom. The van der Waals surface area contributed by atoms with Crippen molar-refractivity contribution < 1.29 is 4.74 Å². The molecule has 2 N–H and O–H groups in total. The third kappa shape index (κ3) is 6.26. The predicted octanol–water partition coefficient (Wildman–Crippen LogP) is 3.19. The summed E-state index contributed by atoms with van der Waals surface area (Å²) < 4.78 is 5.57. The van der Waals surface area contributed by atoms with Crippen LogP contribution in [0.2, 0.25) is 5.02 Å². The van der Waals surface area contributed by atoms with Crippen LogP contribution in [0.3, 0.4) is 0 Å². The van der Waals surface area contributed by atoms with Gasteiger partial charge in [0, 0.05) is 17.3 Å². The minimum atomic E-state index is 0.741. The number of unbranched alkanes of at least 4 members (excludes halogenated alkanes) is 1. The molecule has 0 radical (unpaired) electrons. The predicted molar refractivity (Wildman–Crippen MR) is 72.6 cm³/mol. The van der Waals surface area contributed by atoms with Gasteiger partial charge in [-0.3, -0.25) is 0 Å². The van der Waals surface area contributed by atoms with Gasteiger partial charge in [0.05, 0.1) is 6.61 Å². The SMILES string of the molecule is NCCSCCCCOc1ccc(Cl)cc1. The molecule has 1 aromatic rings. The summed E-state index contributed by atoms with van der Waals surface area (Å²) in [5.74, 6) is 3.11. The molecular formula is C12H18ClNOS. The molecule has 0 heterocycles. The molecule has 0 saturated carbocycles. The molecule has 0 aliphatic carbocycles. The molecule has 0 aliphatic rings. The highest BCUT2D eigenvalue weighted by Crippen LogP contribution is 2.15. The van der Waals surface area contributed by atoms with Gasteiger partial charge in [-0.05, 0) is 42.9 Å². The van der Waals surface area contributed by atoms with Crippen LogP contribution in [-0.4, -0.2) is 24.7 Å². The van der Waals surface area contributed by atoms with Crippen molar-refractivity contribution in [2.75, 3.05) is 24.7 Å². The van der Waals surface area contributed by atoms with Gasteiger partial charge in [-0.2, -0.15) is 11.8 Å². The van der Waals surface area contributed by atoms with Crippen LogP contribution in [0, 0.1) is 0 Å². The Morgan fingerprint density at radius 1 is 1.12 bits per heavy atom. The third-order valence-corrected chi connectivity index (χ3v) is 3.38. The lowest BCUT2D eigenvalue weighted by Crippen LogP contribution is -2.02. The van der Waals surface area contributed by atoms with Crippen LogP contribution in [0.25, 0.3) is 0 Å². The minimum Gasteiger partial charge on any atom is -0.494 e. The summed E-state index contributed by atoms with van der Waals surface area (Å²) in [4.78, 5) is 0. The average Bonchev–Trinajstić information content (AvgIpc) is 2.30. The Bertz CT molecular complexity index is 279. The number of hydrogen-bond donors (Lipinski definition) is 1. The maximum Gasteiger partial charge on any atom is 0.119 e. The van der Waals surface area contributed by atoms with Gasteiger partial charge < -0.3 is 10.5 Å². The smallest absolute Gasteiger partial charge is 0.119 e. The van der Waals surface area contributed by atoms with Gasteiger partial charge in [-0.15, -0.1) is 0 Å². The third-order valence-electron chi connectivity index (χ3n) is 2.03. The zero-order chi connectivity index (χ0) is 11.6. The summed E-state index contributed by atoms with van der Waals surface area (Å²) in [7, 11) is 0. The molecule has 4 heteroatoms. The molecule has 0 amide bonds. The van der Waals surface area contributed by atoms with Crippen molar-refractivity contribution >= 4 is 23.4 Å². The maximum atomic E-state index is 5.78.